The molecule has 1 aliphatic heterocycles. The molecule has 0 aromatic heterocycles. The van der Waals surface area contributed by atoms with Gasteiger partial charge in [-0.15, -0.1) is 0 Å². The van der Waals surface area contributed by atoms with Crippen LogP contribution in [-0.2, 0) is 19.1 Å². The van der Waals surface area contributed by atoms with Crippen LogP contribution >= 0.6 is 0 Å². The Labute approximate surface area is 153 Å². The molecule has 1 aromatic rings. The summed E-state index contributed by atoms with van der Waals surface area (Å²) in [7, 11) is 0. The summed E-state index contributed by atoms with van der Waals surface area (Å²) in [5, 5.41) is 5.52. The lowest BCUT2D eigenvalue weighted by atomic mass is 10.2. The summed E-state index contributed by atoms with van der Waals surface area (Å²) in [6.07, 6.45) is 0. The molecule has 8 nitrogen and oxygen atoms in total. The van der Waals surface area contributed by atoms with Gasteiger partial charge in [0.1, 0.15) is 6.54 Å². The maximum Gasteiger partial charge on any atom is 0.240 e. The normalized spacial score (nSPS) is 14.5. The first-order valence-electron chi connectivity index (χ1n) is 8.68. The number of hydrogen-bond donors (Lipinski definition) is 2. The van der Waals surface area contributed by atoms with Gasteiger partial charge in [0.05, 0.1) is 13.2 Å². The highest BCUT2D eigenvalue weighted by Crippen LogP contribution is 2.19. The van der Waals surface area contributed by atoms with E-state index in [1.807, 2.05) is 0 Å². The van der Waals surface area contributed by atoms with E-state index >= 15 is 0 Å². The van der Waals surface area contributed by atoms with E-state index in [1.54, 1.807) is 24.3 Å². The lowest BCUT2D eigenvalue weighted by Gasteiger charge is -2.26. The van der Waals surface area contributed by atoms with Gasteiger partial charge in [-0.05, 0) is 18.2 Å². The van der Waals surface area contributed by atoms with E-state index < -0.39 is 0 Å². The average molecular weight is 362 g/mol. The molecule has 0 aliphatic carbocycles. The zero-order valence-electron chi connectivity index (χ0n) is 15.3. The SMILES string of the molecule is CC(=O)Nc1cccc(N(CC(=O)NCCN2CCOCC2)C(C)=O)c1. The third-order valence-corrected chi connectivity index (χ3v) is 4.01. The first-order chi connectivity index (χ1) is 12.5. The van der Waals surface area contributed by atoms with E-state index in [-0.39, 0.29) is 24.3 Å². The van der Waals surface area contributed by atoms with Gasteiger partial charge in [0.25, 0.3) is 0 Å². The molecule has 142 valence electrons. The van der Waals surface area contributed by atoms with Gasteiger partial charge in [0, 0.05) is 51.4 Å². The van der Waals surface area contributed by atoms with Crippen molar-refractivity contribution >= 4 is 29.1 Å². The summed E-state index contributed by atoms with van der Waals surface area (Å²) < 4.78 is 5.29. The maximum absolute atomic E-state index is 12.2. The number of carbonyl (C=O) groups excluding carboxylic acids is 3. The Morgan fingerprint density at radius 2 is 1.92 bits per heavy atom. The fourth-order valence-corrected chi connectivity index (χ4v) is 2.72. The number of rotatable bonds is 7. The molecule has 0 bridgehead atoms. The zero-order chi connectivity index (χ0) is 18.9. The fourth-order valence-electron chi connectivity index (χ4n) is 2.72. The van der Waals surface area contributed by atoms with Crippen molar-refractivity contribution in [2.75, 3.05) is 56.2 Å². The maximum atomic E-state index is 12.2. The summed E-state index contributed by atoms with van der Waals surface area (Å²) in [6, 6.07) is 6.86. The van der Waals surface area contributed by atoms with Crippen molar-refractivity contribution in [1.29, 1.82) is 0 Å². The van der Waals surface area contributed by atoms with Crippen molar-refractivity contribution in [3.63, 3.8) is 0 Å². The molecule has 1 aliphatic rings. The second kappa shape index (κ2) is 9.88. The molecule has 3 amide bonds. The first-order valence-corrected chi connectivity index (χ1v) is 8.68. The van der Waals surface area contributed by atoms with Gasteiger partial charge in [0.2, 0.25) is 17.7 Å². The third-order valence-electron chi connectivity index (χ3n) is 4.01. The molecule has 0 unspecified atom stereocenters. The van der Waals surface area contributed by atoms with Crippen molar-refractivity contribution in [2.45, 2.75) is 13.8 Å². The topological polar surface area (TPSA) is 91.0 Å². The largest absolute Gasteiger partial charge is 0.379 e. The monoisotopic (exact) mass is 362 g/mol. The van der Waals surface area contributed by atoms with Crippen LogP contribution in [0.15, 0.2) is 24.3 Å². The lowest BCUT2D eigenvalue weighted by Crippen LogP contribution is -2.44. The second-order valence-corrected chi connectivity index (χ2v) is 6.14. The average Bonchev–Trinajstić information content (AvgIpc) is 2.60. The van der Waals surface area contributed by atoms with Crippen LogP contribution in [0.5, 0.6) is 0 Å². The van der Waals surface area contributed by atoms with Crippen LogP contribution < -0.4 is 15.5 Å². The van der Waals surface area contributed by atoms with Crippen molar-refractivity contribution < 1.29 is 19.1 Å². The third kappa shape index (κ3) is 6.45. The minimum Gasteiger partial charge on any atom is -0.379 e. The molecule has 8 heteroatoms. The molecule has 0 radical (unpaired) electrons. The summed E-state index contributed by atoms with van der Waals surface area (Å²) in [5.41, 5.74) is 1.14. The zero-order valence-corrected chi connectivity index (χ0v) is 15.3. The fraction of sp³-hybridized carbons (Fsp3) is 0.500. The smallest absolute Gasteiger partial charge is 0.240 e. The Hall–Kier alpha value is -2.45. The number of benzene rings is 1. The highest BCUT2D eigenvalue weighted by atomic mass is 16.5. The minimum atomic E-state index is -0.242. The Morgan fingerprint density at radius 1 is 1.19 bits per heavy atom. The van der Waals surface area contributed by atoms with Crippen molar-refractivity contribution in [3.05, 3.63) is 24.3 Å². The summed E-state index contributed by atoms with van der Waals surface area (Å²) in [6.45, 7) is 7.21. The van der Waals surface area contributed by atoms with E-state index in [0.717, 1.165) is 32.8 Å². The molecule has 0 atom stereocenters. The number of amides is 3. The molecule has 26 heavy (non-hydrogen) atoms. The molecule has 1 aromatic carbocycles. The van der Waals surface area contributed by atoms with Crippen molar-refractivity contribution in [2.24, 2.45) is 0 Å². The second-order valence-electron chi connectivity index (χ2n) is 6.14. The molecular weight excluding hydrogens is 336 g/mol. The number of hydrogen-bond acceptors (Lipinski definition) is 5. The van der Waals surface area contributed by atoms with E-state index in [1.165, 1.54) is 18.7 Å². The number of morpholine rings is 1. The van der Waals surface area contributed by atoms with E-state index in [0.29, 0.717) is 17.9 Å². The number of ether oxygens (including phenoxy) is 1. The molecule has 2 N–H and O–H groups in total. The molecule has 1 heterocycles. The van der Waals surface area contributed by atoms with Crippen LogP contribution in [0.4, 0.5) is 11.4 Å². The quantitative estimate of drug-likeness (QED) is 0.735. The molecule has 1 saturated heterocycles. The van der Waals surface area contributed by atoms with Crippen molar-refractivity contribution in [3.8, 4) is 0 Å². The highest BCUT2D eigenvalue weighted by molar-refractivity contribution is 5.98. The standard InChI is InChI=1S/C18H26N4O4/c1-14(23)20-16-4-3-5-17(12-16)22(15(2)24)13-18(25)19-6-7-21-8-10-26-11-9-21/h3-5,12H,6-11,13H2,1-2H3,(H,19,25)(H,20,23). The van der Waals surface area contributed by atoms with Crippen LogP contribution in [0, 0.1) is 0 Å². The van der Waals surface area contributed by atoms with Crippen LogP contribution in [0.25, 0.3) is 0 Å². The lowest BCUT2D eigenvalue weighted by molar-refractivity contribution is -0.123. The summed E-state index contributed by atoms with van der Waals surface area (Å²) >= 11 is 0. The van der Waals surface area contributed by atoms with Crippen LogP contribution in [0.3, 0.4) is 0 Å². The van der Waals surface area contributed by atoms with Gasteiger partial charge >= 0.3 is 0 Å². The van der Waals surface area contributed by atoms with Gasteiger partial charge in [-0.25, -0.2) is 0 Å². The van der Waals surface area contributed by atoms with Gasteiger partial charge in [-0.2, -0.15) is 0 Å². The van der Waals surface area contributed by atoms with Gasteiger partial charge in [0.15, 0.2) is 0 Å². The van der Waals surface area contributed by atoms with Gasteiger partial charge in [-0.1, -0.05) is 6.07 Å². The number of anilines is 2. The summed E-state index contributed by atoms with van der Waals surface area (Å²) in [4.78, 5) is 39.0. The van der Waals surface area contributed by atoms with Crippen LogP contribution in [-0.4, -0.2) is 68.6 Å². The first kappa shape index (κ1) is 19.9. The number of nitrogens with zero attached hydrogens (tertiary/aromatic N) is 2. The van der Waals surface area contributed by atoms with E-state index in [2.05, 4.69) is 15.5 Å². The van der Waals surface area contributed by atoms with Crippen molar-refractivity contribution in [1.82, 2.24) is 10.2 Å². The Balaban J connectivity index is 1.89. The Morgan fingerprint density at radius 3 is 2.58 bits per heavy atom. The van der Waals surface area contributed by atoms with Gasteiger partial charge < -0.3 is 20.3 Å². The highest BCUT2D eigenvalue weighted by Gasteiger charge is 2.17. The predicted octanol–water partition coefficient (Wildman–Crippen LogP) is 0.446. The molecule has 0 spiro atoms. The Bertz CT molecular complexity index is 644. The number of carbonyl (C=O) groups is 3. The van der Waals surface area contributed by atoms with Gasteiger partial charge in [-0.3, -0.25) is 19.3 Å². The minimum absolute atomic E-state index is 0.0675. The van der Waals surface area contributed by atoms with E-state index in [4.69, 9.17) is 4.74 Å². The molecular formula is C18H26N4O4. The van der Waals surface area contributed by atoms with E-state index in [9.17, 15) is 14.4 Å². The summed E-state index contributed by atoms with van der Waals surface area (Å²) in [5.74, 6) is -0.663. The molecule has 2 rings (SSSR count). The molecule has 1 fully saturated rings. The Kier molecular flexibility index (Phi) is 7.55. The number of nitrogens with one attached hydrogen (secondary N) is 2. The molecule has 0 saturated carbocycles. The van der Waals surface area contributed by atoms with Crippen LogP contribution in [0.2, 0.25) is 0 Å². The predicted molar refractivity (Wildman–Crippen MR) is 99.0 cm³/mol. The van der Waals surface area contributed by atoms with Crippen LogP contribution in [0.1, 0.15) is 13.8 Å².